The van der Waals surface area contributed by atoms with Gasteiger partial charge < -0.3 is 33.8 Å². The SMILES string of the molecule is CCCCC/C=C\C/C=C\C/C=C\C/C=C\C/C=C\CCC(=O)OC[C@H](COP(=O)(O)OC[C@@H](O)COP(=O)(O)OC[C@@H](COC(=O)CCCCCCCCC/C=C\CCCCCC)OC(=O)CCCCCCC/C=C\CCCCCCCC)OC(=O)CCCCCCC/C=C\CCCCCC. The molecule has 102 heavy (non-hydrogen) atoms. The first-order chi connectivity index (χ1) is 49.7. The van der Waals surface area contributed by atoms with Crippen molar-refractivity contribution in [3.05, 3.63) is 97.2 Å². The van der Waals surface area contributed by atoms with Gasteiger partial charge in [-0.1, -0.05) is 279 Å². The van der Waals surface area contributed by atoms with E-state index in [1.165, 1.54) is 122 Å². The van der Waals surface area contributed by atoms with Crippen LogP contribution in [-0.4, -0.2) is 96.7 Å². The number of allylic oxidation sites excluding steroid dienone is 16. The lowest BCUT2D eigenvalue weighted by Crippen LogP contribution is -2.30. The van der Waals surface area contributed by atoms with Crippen molar-refractivity contribution in [1.29, 1.82) is 0 Å². The van der Waals surface area contributed by atoms with Gasteiger partial charge >= 0.3 is 39.5 Å². The van der Waals surface area contributed by atoms with Gasteiger partial charge in [-0.3, -0.25) is 37.3 Å². The molecular weight excluding hydrogens is 1330 g/mol. The molecule has 590 valence electrons. The molecule has 0 aliphatic rings. The standard InChI is InChI=1S/C83H146O17P2/c1-5-9-13-17-21-25-29-33-36-37-38-39-42-45-48-52-56-60-64-68-81(86)94-73-78(99-82(87)69-65-61-57-53-49-43-32-28-24-20-16-12-8-4)75-97-101(89,90)95-71-77(84)72-96-102(91,92)98-76-79(100-83(88)70-66-62-58-54-50-46-41-35-31-27-23-19-15-11-7-3)74-93-80(85)67-63-59-55-51-47-44-40-34-30-26-22-18-14-10-6-2/h21,25-26,28,30,32-33,35-36,38-39,41,45,48,56,60,77-79,84H,5-20,22-24,27,29,31,34,37,40,42-44,46-47,49-55,57-59,61-76H2,1-4H3,(H,89,90)(H,91,92)/b25-21-,30-26-,32-28-,36-33-,39-38-,41-35-,48-45-,60-56-/t77-,78-,79-/m1/s1. The van der Waals surface area contributed by atoms with E-state index in [0.717, 1.165) is 141 Å². The summed E-state index contributed by atoms with van der Waals surface area (Å²) in [6.07, 6.45) is 79.7. The summed E-state index contributed by atoms with van der Waals surface area (Å²) in [6, 6.07) is 0. The Morgan fingerprint density at radius 1 is 0.275 bits per heavy atom. The van der Waals surface area contributed by atoms with Gasteiger partial charge in [0.2, 0.25) is 0 Å². The molecule has 0 radical (unpaired) electrons. The summed E-state index contributed by atoms with van der Waals surface area (Å²) >= 11 is 0. The molecule has 19 heteroatoms. The molecule has 0 amide bonds. The number of esters is 4. The maximum Gasteiger partial charge on any atom is 0.472 e. The lowest BCUT2D eigenvalue weighted by atomic mass is 10.1. The summed E-state index contributed by atoms with van der Waals surface area (Å²) in [6.45, 7) is 4.75. The summed E-state index contributed by atoms with van der Waals surface area (Å²) < 4.78 is 68.5. The Kier molecular flexibility index (Phi) is 72.3. The van der Waals surface area contributed by atoms with Crippen LogP contribution in [0.5, 0.6) is 0 Å². The number of hydrogen-bond acceptors (Lipinski definition) is 15. The number of ether oxygens (including phenoxy) is 4. The minimum Gasteiger partial charge on any atom is -0.462 e. The lowest BCUT2D eigenvalue weighted by molar-refractivity contribution is -0.161. The molecule has 2 unspecified atom stereocenters. The number of carbonyl (C=O) groups is 4. The van der Waals surface area contributed by atoms with Crippen LogP contribution in [0.15, 0.2) is 97.2 Å². The predicted octanol–water partition coefficient (Wildman–Crippen LogP) is 23.6. The van der Waals surface area contributed by atoms with Gasteiger partial charge in [-0.2, -0.15) is 0 Å². The normalized spacial score (nSPS) is 14.4. The second kappa shape index (κ2) is 75.2. The molecule has 0 spiro atoms. The maximum atomic E-state index is 13.1. The van der Waals surface area contributed by atoms with Gasteiger partial charge in [-0.05, 0) is 141 Å². The largest absolute Gasteiger partial charge is 0.472 e. The summed E-state index contributed by atoms with van der Waals surface area (Å²) in [5.41, 5.74) is 0. The number of aliphatic hydroxyl groups excluding tert-OH is 1. The van der Waals surface area contributed by atoms with Crippen molar-refractivity contribution < 1.29 is 80.2 Å². The van der Waals surface area contributed by atoms with Crippen molar-refractivity contribution in [1.82, 2.24) is 0 Å². The van der Waals surface area contributed by atoms with Crippen LogP contribution in [0, 0.1) is 0 Å². The summed E-state index contributed by atoms with van der Waals surface area (Å²) in [4.78, 5) is 73.0. The van der Waals surface area contributed by atoms with E-state index in [1.807, 2.05) is 12.2 Å². The van der Waals surface area contributed by atoms with Crippen LogP contribution in [0.25, 0.3) is 0 Å². The first-order valence-electron chi connectivity index (χ1n) is 40.5. The first kappa shape index (κ1) is 98.0. The zero-order valence-electron chi connectivity index (χ0n) is 64.5. The molecule has 0 heterocycles. The molecule has 0 aromatic carbocycles. The third-order valence-corrected chi connectivity index (χ3v) is 18.9. The van der Waals surface area contributed by atoms with E-state index in [0.29, 0.717) is 32.1 Å². The lowest BCUT2D eigenvalue weighted by Gasteiger charge is -2.21. The van der Waals surface area contributed by atoms with Crippen molar-refractivity contribution >= 4 is 39.5 Å². The van der Waals surface area contributed by atoms with Gasteiger partial charge in [0.05, 0.1) is 26.4 Å². The van der Waals surface area contributed by atoms with Crippen molar-refractivity contribution in [3.8, 4) is 0 Å². The number of phosphoric ester groups is 2. The Balaban J connectivity index is 5.40. The first-order valence-corrected chi connectivity index (χ1v) is 43.5. The topological polar surface area (TPSA) is 237 Å². The summed E-state index contributed by atoms with van der Waals surface area (Å²) in [7, 11) is -9.97. The van der Waals surface area contributed by atoms with Gasteiger partial charge in [0.1, 0.15) is 19.3 Å². The fraction of sp³-hybridized carbons (Fsp3) is 0.759. The number of carbonyl (C=O) groups excluding carboxylic acids is 4. The Hall–Kier alpha value is -4.02. The number of rotatable bonds is 76. The monoisotopic (exact) mass is 1480 g/mol. The van der Waals surface area contributed by atoms with Crippen LogP contribution in [0.4, 0.5) is 0 Å². The van der Waals surface area contributed by atoms with Gasteiger partial charge in [0.15, 0.2) is 12.2 Å². The van der Waals surface area contributed by atoms with Crippen molar-refractivity contribution in [2.75, 3.05) is 39.6 Å². The van der Waals surface area contributed by atoms with E-state index in [1.54, 1.807) is 0 Å². The highest BCUT2D eigenvalue weighted by molar-refractivity contribution is 7.47. The van der Waals surface area contributed by atoms with Crippen LogP contribution in [0.3, 0.4) is 0 Å². The molecule has 0 aliphatic heterocycles. The number of aliphatic hydroxyl groups is 1. The molecule has 0 aromatic heterocycles. The molecular formula is C83H146O17P2. The minimum absolute atomic E-state index is 0.0368. The fourth-order valence-electron chi connectivity index (χ4n) is 10.8. The molecule has 0 aliphatic carbocycles. The quantitative estimate of drug-likeness (QED) is 0.0169. The highest BCUT2D eigenvalue weighted by atomic mass is 31.2. The van der Waals surface area contributed by atoms with Crippen molar-refractivity contribution in [2.45, 2.75) is 367 Å². The van der Waals surface area contributed by atoms with Gasteiger partial charge in [0, 0.05) is 25.7 Å². The zero-order valence-corrected chi connectivity index (χ0v) is 66.3. The van der Waals surface area contributed by atoms with Crippen LogP contribution in [-0.2, 0) is 65.4 Å². The van der Waals surface area contributed by atoms with E-state index in [4.69, 9.17) is 37.0 Å². The van der Waals surface area contributed by atoms with Gasteiger partial charge in [-0.25, -0.2) is 9.13 Å². The molecule has 0 saturated heterocycles. The smallest absolute Gasteiger partial charge is 0.462 e. The van der Waals surface area contributed by atoms with E-state index >= 15 is 0 Å². The third-order valence-electron chi connectivity index (χ3n) is 17.0. The van der Waals surface area contributed by atoms with Crippen molar-refractivity contribution in [3.63, 3.8) is 0 Å². The molecule has 0 bridgehead atoms. The average Bonchev–Trinajstić information content (AvgIpc) is 0.908. The Morgan fingerprint density at radius 3 is 0.833 bits per heavy atom. The van der Waals surface area contributed by atoms with Crippen LogP contribution in [0.2, 0.25) is 0 Å². The van der Waals surface area contributed by atoms with E-state index < -0.39 is 97.5 Å². The number of phosphoric acid groups is 2. The number of hydrogen-bond donors (Lipinski definition) is 3. The highest BCUT2D eigenvalue weighted by Gasteiger charge is 2.30. The highest BCUT2D eigenvalue weighted by Crippen LogP contribution is 2.45. The maximum absolute atomic E-state index is 13.1. The molecule has 0 aromatic rings. The van der Waals surface area contributed by atoms with E-state index in [2.05, 4.69) is 113 Å². The van der Waals surface area contributed by atoms with Crippen LogP contribution in [0.1, 0.15) is 349 Å². The Bertz CT molecular complexity index is 2310. The van der Waals surface area contributed by atoms with Crippen LogP contribution >= 0.6 is 15.6 Å². The van der Waals surface area contributed by atoms with Crippen molar-refractivity contribution in [2.24, 2.45) is 0 Å². The van der Waals surface area contributed by atoms with E-state index in [9.17, 15) is 43.2 Å². The van der Waals surface area contributed by atoms with Gasteiger partial charge in [-0.15, -0.1) is 0 Å². The second-order valence-corrected chi connectivity index (χ2v) is 29.9. The minimum atomic E-state index is -4.99. The fourth-order valence-corrected chi connectivity index (χ4v) is 12.4. The molecule has 5 atom stereocenters. The molecule has 17 nitrogen and oxygen atoms in total. The van der Waals surface area contributed by atoms with Gasteiger partial charge in [0.25, 0.3) is 0 Å². The number of unbranched alkanes of at least 4 members (excludes halogenated alkanes) is 34. The predicted molar refractivity (Wildman–Crippen MR) is 418 cm³/mol. The zero-order chi connectivity index (χ0) is 74.6. The molecule has 0 fully saturated rings. The van der Waals surface area contributed by atoms with E-state index in [-0.39, 0.29) is 25.7 Å². The summed E-state index contributed by atoms with van der Waals surface area (Å²) in [5, 5.41) is 10.6. The average molecular weight is 1480 g/mol. The molecule has 0 rings (SSSR count). The summed E-state index contributed by atoms with van der Waals surface area (Å²) in [5.74, 6) is -2.28. The Morgan fingerprint density at radius 2 is 0.500 bits per heavy atom. The molecule has 3 N–H and O–H groups in total. The second-order valence-electron chi connectivity index (χ2n) is 27.0. The Labute approximate surface area is 620 Å². The third kappa shape index (κ3) is 74.3. The molecule has 0 saturated carbocycles. The van der Waals surface area contributed by atoms with Crippen LogP contribution < -0.4 is 0 Å².